The van der Waals surface area contributed by atoms with Crippen LogP contribution >= 0.6 is 0 Å². The normalized spacial score (nSPS) is 17.6. The van der Waals surface area contributed by atoms with Crippen LogP contribution in [0.1, 0.15) is 101 Å². The fourth-order valence-corrected chi connectivity index (χ4v) is 6.03. The Bertz CT molecular complexity index is 1290. The lowest BCUT2D eigenvalue weighted by Gasteiger charge is -2.43. The molecule has 224 valence electrons. The predicted octanol–water partition coefficient (Wildman–Crippen LogP) is 8.50. The molecule has 0 saturated heterocycles. The lowest BCUT2D eigenvalue weighted by Crippen LogP contribution is -2.48. The minimum atomic E-state index is -1.55. The van der Waals surface area contributed by atoms with E-state index >= 15 is 8.78 Å². The van der Waals surface area contributed by atoms with Gasteiger partial charge in [-0.25, -0.2) is 13.2 Å². The summed E-state index contributed by atoms with van der Waals surface area (Å²) in [6.07, 6.45) is 8.51. The number of para-hydroxylation sites is 1. The maximum absolute atomic E-state index is 15.7. The Morgan fingerprint density at radius 2 is 1.63 bits per heavy atom. The fraction of sp³-hybridized carbons (Fsp3) is 0.545. The van der Waals surface area contributed by atoms with Crippen LogP contribution in [-0.2, 0) is 11.2 Å². The van der Waals surface area contributed by atoms with Crippen LogP contribution in [0.3, 0.4) is 0 Å². The number of aromatic nitrogens is 1. The number of carboxylic acid groups (broad SMARTS) is 1. The number of rotatable bonds is 15. The first-order valence-corrected chi connectivity index (χ1v) is 14.9. The highest BCUT2D eigenvalue weighted by Gasteiger charge is 2.41. The Hall–Kier alpha value is -3.00. The molecule has 2 N–H and O–H groups in total. The Morgan fingerprint density at radius 1 is 1.02 bits per heavy atom. The molecule has 3 aromatic rings. The quantitative estimate of drug-likeness (QED) is 0.179. The molecule has 2 aromatic carbocycles. The van der Waals surface area contributed by atoms with Gasteiger partial charge in [0.2, 0.25) is 0 Å². The van der Waals surface area contributed by atoms with Crippen molar-refractivity contribution in [3.63, 3.8) is 0 Å². The number of unbranched alkanes of at least 4 members (excludes halogenated alkanes) is 7. The van der Waals surface area contributed by atoms with Gasteiger partial charge < -0.3 is 14.8 Å². The molecule has 0 unspecified atom stereocenters. The molecule has 1 aromatic heterocycles. The number of aliphatic carboxylic acids is 1. The fourth-order valence-electron chi connectivity index (χ4n) is 6.03. The molecule has 8 heteroatoms. The predicted molar refractivity (Wildman–Crippen MR) is 156 cm³/mol. The number of ether oxygens (including phenoxy) is 1. The second kappa shape index (κ2) is 13.8. The van der Waals surface area contributed by atoms with E-state index < -0.39 is 29.3 Å². The molecular weight excluding hydrogens is 529 g/mol. The van der Waals surface area contributed by atoms with Crippen molar-refractivity contribution < 1.29 is 27.8 Å². The molecule has 0 spiro atoms. The van der Waals surface area contributed by atoms with Gasteiger partial charge in [-0.2, -0.15) is 0 Å². The van der Waals surface area contributed by atoms with E-state index in [0.717, 1.165) is 67.8 Å². The number of hydrogen-bond acceptors (Lipinski definition) is 3. The number of nitrogens with one attached hydrogen (secondary N) is 1. The first kappa shape index (κ1) is 30.9. The summed E-state index contributed by atoms with van der Waals surface area (Å²) >= 11 is 0. The summed E-state index contributed by atoms with van der Waals surface area (Å²) in [7, 11) is 0. The molecule has 1 aliphatic heterocycles. The summed E-state index contributed by atoms with van der Waals surface area (Å²) in [5.74, 6) is -1.99. The van der Waals surface area contributed by atoms with Crippen LogP contribution in [0.25, 0.3) is 10.9 Å². The van der Waals surface area contributed by atoms with Gasteiger partial charge in [0.25, 0.3) is 0 Å². The molecular formula is C33H43F3N2O3. The molecule has 0 saturated carbocycles. The van der Waals surface area contributed by atoms with Gasteiger partial charge in [0, 0.05) is 53.3 Å². The van der Waals surface area contributed by atoms with Gasteiger partial charge >= 0.3 is 5.97 Å². The Balaban J connectivity index is 1.42. The molecule has 0 radical (unpaired) electrons. The number of carbonyl (C=O) groups is 1. The van der Waals surface area contributed by atoms with E-state index in [4.69, 9.17) is 9.84 Å². The average molecular weight is 573 g/mol. The zero-order valence-electron chi connectivity index (χ0n) is 24.4. The van der Waals surface area contributed by atoms with Crippen LogP contribution in [-0.4, -0.2) is 45.8 Å². The van der Waals surface area contributed by atoms with Crippen LogP contribution in [0.15, 0.2) is 36.4 Å². The highest BCUT2D eigenvalue weighted by Crippen LogP contribution is 2.43. The van der Waals surface area contributed by atoms with Crippen LogP contribution in [0, 0.1) is 11.6 Å². The van der Waals surface area contributed by atoms with Crippen LogP contribution in [0.2, 0.25) is 0 Å². The van der Waals surface area contributed by atoms with E-state index in [1.54, 1.807) is 0 Å². The zero-order valence-corrected chi connectivity index (χ0v) is 24.4. The summed E-state index contributed by atoms with van der Waals surface area (Å²) in [6, 6.07) is 9.40. The number of fused-ring (bicyclic) bond motifs is 3. The number of nitrogens with zero attached hydrogens (tertiary/aromatic N) is 1. The minimum absolute atomic E-state index is 0.0348. The van der Waals surface area contributed by atoms with Crippen molar-refractivity contribution in [2.45, 2.75) is 103 Å². The maximum Gasteiger partial charge on any atom is 0.303 e. The number of alkyl halides is 1. The van der Waals surface area contributed by atoms with Gasteiger partial charge in [-0.05, 0) is 51.7 Å². The SMILES string of the molecule is C[C@@H]1Cc2c([nH]c3ccccc23)[C@@H](c2c(F)cc(OCCCCCCCCCCC(=O)O)cc2F)N1CC(C)(C)F. The number of benzene rings is 2. The summed E-state index contributed by atoms with van der Waals surface area (Å²) in [5, 5.41) is 9.70. The Kier molecular flexibility index (Phi) is 10.4. The van der Waals surface area contributed by atoms with Gasteiger partial charge in [0.1, 0.15) is 23.1 Å². The summed E-state index contributed by atoms with van der Waals surface area (Å²) in [5.41, 5.74) is 0.985. The topological polar surface area (TPSA) is 65.6 Å². The second-order valence-electron chi connectivity index (χ2n) is 12.0. The van der Waals surface area contributed by atoms with E-state index in [-0.39, 0.29) is 30.3 Å². The molecule has 0 fully saturated rings. The third-order valence-corrected chi connectivity index (χ3v) is 7.96. The van der Waals surface area contributed by atoms with Crippen molar-refractivity contribution in [2.24, 2.45) is 0 Å². The zero-order chi connectivity index (χ0) is 29.6. The van der Waals surface area contributed by atoms with E-state index in [9.17, 15) is 9.18 Å². The van der Waals surface area contributed by atoms with Gasteiger partial charge in [0.05, 0.1) is 12.6 Å². The largest absolute Gasteiger partial charge is 0.493 e. The molecule has 4 rings (SSSR count). The van der Waals surface area contributed by atoms with E-state index in [0.29, 0.717) is 18.7 Å². The Morgan fingerprint density at radius 3 is 2.27 bits per heavy atom. The highest BCUT2D eigenvalue weighted by molar-refractivity contribution is 5.85. The first-order valence-electron chi connectivity index (χ1n) is 14.9. The molecule has 41 heavy (non-hydrogen) atoms. The van der Waals surface area contributed by atoms with Gasteiger partial charge in [0.15, 0.2) is 0 Å². The van der Waals surface area contributed by atoms with Gasteiger partial charge in [-0.15, -0.1) is 0 Å². The van der Waals surface area contributed by atoms with Crippen molar-refractivity contribution in [2.75, 3.05) is 13.2 Å². The van der Waals surface area contributed by atoms with Crippen LogP contribution in [0.5, 0.6) is 5.75 Å². The lowest BCUT2D eigenvalue weighted by atomic mass is 9.87. The maximum atomic E-state index is 15.7. The Labute approximate surface area is 241 Å². The summed E-state index contributed by atoms with van der Waals surface area (Å²) in [4.78, 5) is 15.8. The van der Waals surface area contributed by atoms with Crippen LogP contribution < -0.4 is 4.74 Å². The number of hydrogen-bond donors (Lipinski definition) is 2. The van der Waals surface area contributed by atoms with Crippen molar-refractivity contribution in [1.82, 2.24) is 9.88 Å². The van der Waals surface area contributed by atoms with Gasteiger partial charge in [-0.3, -0.25) is 9.69 Å². The molecule has 5 nitrogen and oxygen atoms in total. The molecule has 0 bridgehead atoms. The second-order valence-corrected chi connectivity index (χ2v) is 12.0. The summed E-state index contributed by atoms with van der Waals surface area (Å²) < 4.78 is 52.1. The van der Waals surface area contributed by atoms with E-state index in [1.165, 1.54) is 26.0 Å². The molecule has 0 amide bonds. The first-order chi connectivity index (χ1) is 19.5. The highest BCUT2D eigenvalue weighted by atomic mass is 19.1. The molecule has 2 heterocycles. The third kappa shape index (κ3) is 8.06. The van der Waals surface area contributed by atoms with Crippen molar-refractivity contribution in [3.8, 4) is 5.75 Å². The number of aromatic amines is 1. The monoisotopic (exact) mass is 572 g/mol. The van der Waals surface area contributed by atoms with Crippen molar-refractivity contribution in [1.29, 1.82) is 0 Å². The average Bonchev–Trinajstić information content (AvgIpc) is 3.25. The van der Waals surface area contributed by atoms with E-state index in [2.05, 4.69) is 4.98 Å². The number of H-pyrrole nitrogens is 1. The van der Waals surface area contributed by atoms with Gasteiger partial charge in [-0.1, -0.05) is 56.7 Å². The smallest absolute Gasteiger partial charge is 0.303 e. The van der Waals surface area contributed by atoms with Crippen LogP contribution in [0.4, 0.5) is 13.2 Å². The van der Waals surface area contributed by atoms with Crippen molar-refractivity contribution >= 4 is 16.9 Å². The number of halogens is 3. The standard InChI is InChI=1S/C33H43F3N2O3/c1-22-18-25-24-14-11-12-15-28(24)37-31(25)32(38(22)21-33(2,3)36)30-26(34)19-23(20-27(30)35)41-17-13-9-7-5-4-6-8-10-16-29(39)40/h11-12,14-15,19-20,22,32,37H,4-10,13,16-18,21H2,1-3H3,(H,39,40)/t22-,32-/m1/s1. The van der Waals surface area contributed by atoms with Crippen molar-refractivity contribution in [3.05, 3.63) is 64.9 Å². The molecule has 1 aliphatic rings. The third-order valence-electron chi connectivity index (χ3n) is 7.96. The molecule has 2 atom stereocenters. The minimum Gasteiger partial charge on any atom is -0.493 e. The lowest BCUT2D eigenvalue weighted by molar-refractivity contribution is -0.137. The summed E-state index contributed by atoms with van der Waals surface area (Å²) in [6.45, 7) is 5.36. The van der Waals surface area contributed by atoms with E-state index in [1.807, 2.05) is 36.1 Å². The number of carboxylic acids is 1. The molecule has 0 aliphatic carbocycles.